The van der Waals surface area contributed by atoms with Gasteiger partial charge in [-0.05, 0) is 38.1 Å². The number of hydrogen-bond donors (Lipinski definition) is 1. The Morgan fingerprint density at radius 2 is 1.83 bits per heavy atom. The molecule has 0 aromatic heterocycles. The third-order valence-corrected chi connectivity index (χ3v) is 5.02. The number of anilines is 1. The van der Waals surface area contributed by atoms with Crippen molar-refractivity contribution in [3.63, 3.8) is 0 Å². The number of benzene rings is 2. The Morgan fingerprint density at radius 1 is 1.07 bits per heavy atom. The number of nitrogens with one attached hydrogen (secondary N) is 1. The number of amides is 2. The fourth-order valence-corrected chi connectivity index (χ4v) is 3.57. The average Bonchev–Trinajstić information content (AvgIpc) is 2.92. The Balaban J connectivity index is 2.01. The van der Waals surface area contributed by atoms with Gasteiger partial charge in [-0.2, -0.15) is 0 Å². The highest BCUT2D eigenvalue weighted by Gasteiger charge is 2.39. The first-order valence-electron chi connectivity index (χ1n) is 9.40. The highest BCUT2D eigenvalue weighted by atomic mass is 35.5. The highest BCUT2D eigenvalue weighted by molar-refractivity contribution is 6.41. The zero-order chi connectivity index (χ0) is 21.8. The largest absolute Gasteiger partial charge is 0.497 e. The molecule has 1 aliphatic heterocycles. The van der Waals surface area contributed by atoms with Crippen LogP contribution in [0, 0.1) is 0 Å². The van der Waals surface area contributed by atoms with Gasteiger partial charge in [-0.1, -0.05) is 35.3 Å². The molecule has 2 amide bonds. The molecule has 3 rings (SSSR count). The van der Waals surface area contributed by atoms with Crippen molar-refractivity contribution in [2.24, 2.45) is 0 Å². The van der Waals surface area contributed by atoms with Crippen molar-refractivity contribution in [1.29, 1.82) is 0 Å². The van der Waals surface area contributed by atoms with E-state index in [1.54, 1.807) is 43.5 Å². The first-order valence-corrected chi connectivity index (χ1v) is 10.2. The third kappa shape index (κ3) is 4.78. The van der Waals surface area contributed by atoms with Crippen molar-refractivity contribution in [1.82, 2.24) is 4.90 Å². The van der Waals surface area contributed by atoms with Crippen LogP contribution in [0.25, 0.3) is 5.57 Å². The van der Waals surface area contributed by atoms with E-state index in [0.717, 1.165) is 4.90 Å². The van der Waals surface area contributed by atoms with Gasteiger partial charge >= 0.3 is 0 Å². The number of imide groups is 1. The number of ether oxygens (including phenoxy) is 2. The number of methoxy groups -OCH3 is 1. The van der Waals surface area contributed by atoms with Crippen LogP contribution in [0.1, 0.15) is 19.4 Å². The molecule has 0 radical (unpaired) electrons. The summed E-state index contributed by atoms with van der Waals surface area (Å²) in [6.07, 6.45) is -0.00896. The van der Waals surface area contributed by atoms with E-state index in [-0.39, 0.29) is 35.5 Å². The second-order valence-corrected chi connectivity index (χ2v) is 7.76. The maximum atomic E-state index is 13.2. The van der Waals surface area contributed by atoms with Crippen molar-refractivity contribution in [2.75, 3.05) is 25.6 Å². The lowest BCUT2D eigenvalue weighted by Gasteiger charge is -2.16. The molecule has 8 heteroatoms. The minimum atomic E-state index is -0.448. The summed E-state index contributed by atoms with van der Waals surface area (Å²) in [5, 5.41) is 3.79. The molecule has 1 heterocycles. The highest BCUT2D eigenvalue weighted by Crippen LogP contribution is 2.35. The number of rotatable bonds is 8. The zero-order valence-corrected chi connectivity index (χ0v) is 18.4. The van der Waals surface area contributed by atoms with Crippen LogP contribution < -0.4 is 10.1 Å². The summed E-state index contributed by atoms with van der Waals surface area (Å²) in [5.74, 6) is -0.274. The lowest BCUT2D eigenvalue weighted by atomic mass is 10.0. The second kappa shape index (κ2) is 9.51. The fraction of sp³-hybridized carbons (Fsp3) is 0.273. The Kier molecular flexibility index (Phi) is 7.02. The van der Waals surface area contributed by atoms with Gasteiger partial charge in [0.15, 0.2) is 0 Å². The molecule has 30 heavy (non-hydrogen) atoms. The third-order valence-electron chi connectivity index (χ3n) is 4.47. The van der Waals surface area contributed by atoms with Crippen molar-refractivity contribution in [3.8, 4) is 5.75 Å². The van der Waals surface area contributed by atoms with Gasteiger partial charge in [0.1, 0.15) is 11.4 Å². The molecular weight excluding hydrogens is 427 g/mol. The van der Waals surface area contributed by atoms with Crippen LogP contribution in [-0.2, 0) is 14.3 Å². The molecule has 0 fully saturated rings. The van der Waals surface area contributed by atoms with E-state index >= 15 is 0 Å². The van der Waals surface area contributed by atoms with E-state index < -0.39 is 11.8 Å². The van der Waals surface area contributed by atoms with Crippen molar-refractivity contribution in [2.45, 2.75) is 20.0 Å². The van der Waals surface area contributed by atoms with Crippen LogP contribution in [0.3, 0.4) is 0 Å². The van der Waals surface area contributed by atoms with Crippen LogP contribution in [0.15, 0.2) is 48.2 Å². The minimum Gasteiger partial charge on any atom is -0.497 e. The maximum Gasteiger partial charge on any atom is 0.278 e. The fourth-order valence-electron chi connectivity index (χ4n) is 3.06. The van der Waals surface area contributed by atoms with Crippen molar-refractivity contribution >= 4 is 46.3 Å². The molecule has 0 aliphatic carbocycles. The molecular formula is C22H22Cl2N2O4. The zero-order valence-electron chi connectivity index (χ0n) is 16.9. The first-order chi connectivity index (χ1) is 14.3. The van der Waals surface area contributed by atoms with Gasteiger partial charge in [0.2, 0.25) is 0 Å². The summed E-state index contributed by atoms with van der Waals surface area (Å²) in [4.78, 5) is 27.5. The number of carbonyl (C=O) groups excluding carboxylic acids is 2. The number of carbonyl (C=O) groups is 2. The molecule has 6 nitrogen and oxygen atoms in total. The standard InChI is InChI=1S/C22H22Cl2N2O4/c1-13(2)30-10-9-26-21(27)19(17-8-7-14(23)11-18(17)24)20(22(26)28)25-15-5-4-6-16(12-15)29-3/h4-8,11-13,25H,9-10H2,1-3H3. The Bertz CT molecular complexity index is 1000. The van der Waals surface area contributed by atoms with E-state index in [1.165, 1.54) is 6.07 Å². The van der Waals surface area contributed by atoms with Crippen LogP contribution in [-0.4, -0.2) is 43.1 Å². The SMILES string of the molecule is COc1cccc(NC2=C(c3ccc(Cl)cc3Cl)C(=O)N(CCOC(C)C)C2=O)c1. The van der Waals surface area contributed by atoms with Gasteiger partial charge < -0.3 is 14.8 Å². The predicted octanol–water partition coefficient (Wildman–Crippen LogP) is 4.62. The Morgan fingerprint density at radius 3 is 2.50 bits per heavy atom. The quantitative estimate of drug-likeness (QED) is 0.596. The van der Waals surface area contributed by atoms with E-state index in [9.17, 15) is 9.59 Å². The molecule has 0 atom stereocenters. The Hall–Kier alpha value is -2.54. The summed E-state index contributed by atoms with van der Waals surface area (Å²) in [6.45, 7) is 4.15. The summed E-state index contributed by atoms with van der Waals surface area (Å²) < 4.78 is 10.8. The summed E-state index contributed by atoms with van der Waals surface area (Å²) in [5.41, 5.74) is 1.36. The average molecular weight is 449 g/mol. The molecule has 0 saturated carbocycles. The van der Waals surface area contributed by atoms with Crippen LogP contribution in [0.2, 0.25) is 10.0 Å². The molecule has 1 N–H and O–H groups in total. The molecule has 1 aliphatic rings. The predicted molar refractivity (Wildman–Crippen MR) is 118 cm³/mol. The molecule has 158 valence electrons. The second-order valence-electron chi connectivity index (χ2n) is 6.91. The van der Waals surface area contributed by atoms with Gasteiger partial charge in [0.05, 0.1) is 37.0 Å². The normalized spacial score (nSPS) is 14.1. The maximum absolute atomic E-state index is 13.2. The van der Waals surface area contributed by atoms with Crippen LogP contribution in [0.4, 0.5) is 5.69 Å². The lowest BCUT2D eigenvalue weighted by Crippen LogP contribution is -2.35. The first kappa shape index (κ1) is 22.2. The van der Waals surface area contributed by atoms with Crippen molar-refractivity contribution in [3.05, 3.63) is 63.8 Å². The summed E-state index contributed by atoms with van der Waals surface area (Å²) in [7, 11) is 1.55. The van der Waals surface area contributed by atoms with Gasteiger partial charge in [-0.25, -0.2) is 0 Å². The number of hydrogen-bond acceptors (Lipinski definition) is 5. The smallest absolute Gasteiger partial charge is 0.278 e. The van der Waals surface area contributed by atoms with E-state index in [2.05, 4.69) is 5.32 Å². The molecule has 0 saturated heterocycles. The lowest BCUT2D eigenvalue weighted by molar-refractivity contribution is -0.137. The van der Waals surface area contributed by atoms with Gasteiger partial charge in [-0.3, -0.25) is 14.5 Å². The van der Waals surface area contributed by atoms with Crippen molar-refractivity contribution < 1.29 is 19.1 Å². The van der Waals surface area contributed by atoms with Crippen LogP contribution >= 0.6 is 23.2 Å². The minimum absolute atomic E-state index is 0.00896. The van der Waals surface area contributed by atoms with Gasteiger partial charge in [-0.15, -0.1) is 0 Å². The van der Waals surface area contributed by atoms with E-state index in [1.807, 2.05) is 13.8 Å². The molecule has 0 unspecified atom stereocenters. The Labute approximate surface area is 185 Å². The summed E-state index contributed by atoms with van der Waals surface area (Å²) in [6, 6.07) is 11.9. The van der Waals surface area contributed by atoms with E-state index in [4.69, 9.17) is 32.7 Å². The number of halogens is 2. The van der Waals surface area contributed by atoms with Gasteiger partial charge in [0, 0.05) is 22.3 Å². The number of nitrogens with zero attached hydrogens (tertiary/aromatic N) is 1. The monoisotopic (exact) mass is 448 g/mol. The van der Waals surface area contributed by atoms with E-state index in [0.29, 0.717) is 22.0 Å². The van der Waals surface area contributed by atoms with Gasteiger partial charge in [0.25, 0.3) is 11.8 Å². The molecule has 0 bridgehead atoms. The summed E-state index contributed by atoms with van der Waals surface area (Å²) >= 11 is 12.4. The topological polar surface area (TPSA) is 67.9 Å². The molecule has 2 aromatic carbocycles. The van der Waals surface area contributed by atoms with Crippen LogP contribution in [0.5, 0.6) is 5.75 Å². The molecule has 0 spiro atoms. The molecule has 2 aromatic rings.